The van der Waals surface area contributed by atoms with Gasteiger partial charge in [-0.2, -0.15) is 0 Å². The van der Waals surface area contributed by atoms with Crippen LogP contribution < -0.4 is 14.4 Å². The summed E-state index contributed by atoms with van der Waals surface area (Å²) in [5.41, 5.74) is 2.06. The number of carbonyl (C=O) groups excluding carboxylic acids is 2. The number of hydrogen-bond donors (Lipinski definition) is 1. The molecule has 0 spiro atoms. The average Bonchev–Trinajstić information content (AvgIpc) is 2.89. The number of nitrogens with zero attached hydrogens (tertiary/aromatic N) is 2. The quantitative estimate of drug-likeness (QED) is 0.332. The van der Waals surface area contributed by atoms with Crippen molar-refractivity contribution in [1.29, 1.82) is 0 Å². The molecule has 0 aliphatic heterocycles. The molecule has 3 rings (SSSR count). The second-order valence-electron chi connectivity index (χ2n) is 11.1. The van der Waals surface area contributed by atoms with Gasteiger partial charge in [0.2, 0.25) is 11.8 Å². The molecule has 41 heavy (non-hydrogen) atoms. The Hall–Kier alpha value is -3.56. The number of halogens is 1. The number of benzene rings is 3. The van der Waals surface area contributed by atoms with Crippen LogP contribution >= 0.6 is 11.6 Å². The Kier molecular flexibility index (Phi) is 10.1. The molecular formula is C31H38ClN3O5S. The summed E-state index contributed by atoms with van der Waals surface area (Å²) >= 11 is 6.20. The van der Waals surface area contributed by atoms with Crippen LogP contribution in [0, 0.1) is 13.8 Å². The van der Waals surface area contributed by atoms with Crippen molar-refractivity contribution in [3.63, 3.8) is 0 Å². The van der Waals surface area contributed by atoms with E-state index in [2.05, 4.69) is 5.32 Å². The first-order valence-electron chi connectivity index (χ1n) is 13.2. The summed E-state index contributed by atoms with van der Waals surface area (Å²) < 4.78 is 34.7. The van der Waals surface area contributed by atoms with Gasteiger partial charge in [-0.3, -0.25) is 13.9 Å². The Morgan fingerprint density at radius 1 is 0.976 bits per heavy atom. The molecule has 10 heteroatoms. The lowest BCUT2D eigenvalue weighted by molar-refractivity contribution is -0.140. The lowest BCUT2D eigenvalue weighted by atomic mass is 10.1. The van der Waals surface area contributed by atoms with E-state index in [-0.39, 0.29) is 23.0 Å². The van der Waals surface area contributed by atoms with E-state index in [0.29, 0.717) is 16.3 Å². The third kappa shape index (κ3) is 8.24. The molecule has 0 fully saturated rings. The van der Waals surface area contributed by atoms with Crippen LogP contribution in [0.3, 0.4) is 0 Å². The summed E-state index contributed by atoms with van der Waals surface area (Å²) in [4.78, 5) is 28.7. The van der Waals surface area contributed by atoms with Crippen LogP contribution in [0.25, 0.3) is 0 Å². The third-order valence-corrected chi connectivity index (χ3v) is 8.41. The topological polar surface area (TPSA) is 96.0 Å². The number of nitrogens with one attached hydrogen (secondary N) is 1. The van der Waals surface area contributed by atoms with Crippen molar-refractivity contribution in [1.82, 2.24) is 10.2 Å². The van der Waals surface area contributed by atoms with Gasteiger partial charge in [-0.15, -0.1) is 0 Å². The molecule has 0 heterocycles. The summed E-state index contributed by atoms with van der Waals surface area (Å²) in [7, 11) is -2.78. The highest BCUT2D eigenvalue weighted by Gasteiger charge is 2.34. The fraction of sp³-hybridized carbons (Fsp3) is 0.355. The smallest absolute Gasteiger partial charge is 0.264 e. The maximum Gasteiger partial charge on any atom is 0.264 e. The van der Waals surface area contributed by atoms with Crippen molar-refractivity contribution in [2.75, 3.05) is 18.0 Å². The maximum absolute atomic E-state index is 14.1. The Balaban J connectivity index is 2.11. The van der Waals surface area contributed by atoms with E-state index in [1.165, 1.54) is 24.1 Å². The predicted octanol–water partition coefficient (Wildman–Crippen LogP) is 5.49. The van der Waals surface area contributed by atoms with Crippen molar-refractivity contribution in [3.05, 3.63) is 88.4 Å². The minimum absolute atomic E-state index is 0.0272. The van der Waals surface area contributed by atoms with E-state index in [4.69, 9.17) is 16.3 Å². The number of sulfonamides is 1. The molecule has 220 valence electrons. The van der Waals surface area contributed by atoms with Gasteiger partial charge in [0.05, 0.1) is 17.7 Å². The lowest BCUT2D eigenvalue weighted by Crippen LogP contribution is -2.54. The molecule has 0 bridgehead atoms. The van der Waals surface area contributed by atoms with Crippen LogP contribution in [-0.4, -0.2) is 50.4 Å². The van der Waals surface area contributed by atoms with Gasteiger partial charge in [-0.25, -0.2) is 8.42 Å². The second kappa shape index (κ2) is 13.0. The molecule has 0 saturated heterocycles. The minimum Gasteiger partial charge on any atom is -0.495 e. The Morgan fingerprint density at radius 2 is 1.61 bits per heavy atom. The monoisotopic (exact) mass is 599 g/mol. The van der Waals surface area contributed by atoms with Gasteiger partial charge in [-0.05, 0) is 89.1 Å². The number of carbonyl (C=O) groups is 2. The van der Waals surface area contributed by atoms with Crippen LogP contribution in [0.1, 0.15) is 44.4 Å². The number of ether oxygens (including phenoxy) is 1. The molecule has 0 aliphatic rings. The molecule has 8 nitrogen and oxygen atoms in total. The number of aryl methyl sites for hydroxylation is 2. The molecule has 2 amide bonds. The zero-order chi connectivity index (χ0) is 30.5. The maximum atomic E-state index is 14.1. The lowest BCUT2D eigenvalue weighted by Gasteiger charge is -2.34. The normalized spacial score (nSPS) is 12.4. The zero-order valence-electron chi connectivity index (χ0n) is 24.6. The van der Waals surface area contributed by atoms with Crippen LogP contribution in [0.5, 0.6) is 5.75 Å². The van der Waals surface area contributed by atoms with Crippen LogP contribution in [-0.2, 0) is 26.2 Å². The van der Waals surface area contributed by atoms with Crippen molar-refractivity contribution in [2.24, 2.45) is 0 Å². The molecule has 0 radical (unpaired) electrons. The standard InChI is InChI=1S/C31H38ClN3O5S/c1-21-11-14-26(15-12-21)41(38,39)35(27-17-22(2)13-16-28(27)40-7)20-29(36)34(19-24-9-8-10-25(32)18-24)23(3)30(37)33-31(4,5)6/h8-18,23H,19-20H2,1-7H3,(H,33,37). The first kappa shape index (κ1) is 32.0. The third-order valence-electron chi connectivity index (χ3n) is 6.40. The first-order valence-corrected chi connectivity index (χ1v) is 15.0. The van der Waals surface area contributed by atoms with Crippen molar-refractivity contribution >= 4 is 39.1 Å². The molecule has 3 aromatic carbocycles. The Labute approximate surface area is 248 Å². The summed E-state index contributed by atoms with van der Waals surface area (Å²) in [6.07, 6.45) is 0. The number of methoxy groups -OCH3 is 1. The van der Waals surface area contributed by atoms with Gasteiger partial charge < -0.3 is 15.0 Å². The van der Waals surface area contributed by atoms with E-state index in [0.717, 1.165) is 15.4 Å². The highest BCUT2D eigenvalue weighted by molar-refractivity contribution is 7.92. The molecule has 0 aromatic heterocycles. The van der Waals surface area contributed by atoms with Crippen LogP contribution in [0.4, 0.5) is 5.69 Å². The second-order valence-corrected chi connectivity index (χ2v) is 13.4. The molecule has 3 aromatic rings. The largest absolute Gasteiger partial charge is 0.495 e. The van der Waals surface area contributed by atoms with Crippen LogP contribution in [0.15, 0.2) is 71.6 Å². The summed E-state index contributed by atoms with van der Waals surface area (Å²) in [5.74, 6) is -0.645. The fourth-order valence-corrected chi connectivity index (χ4v) is 5.86. The first-order chi connectivity index (χ1) is 19.1. The van der Waals surface area contributed by atoms with Crippen LogP contribution in [0.2, 0.25) is 5.02 Å². The summed E-state index contributed by atoms with van der Waals surface area (Å²) in [6.45, 7) is 10.3. The van der Waals surface area contributed by atoms with Gasteiger partial charge in [0.25, 0.3) is 10.0 Å². The van der Waals surface area contributed by atoms with Crippen molar-refractivity contribution in [3.8, 4) is 5.75 Å². The predicted molar refractivity (Wildman–Crippen MR) is 163 cm³/mol. The number of hydrogen-bond acceptors (Lipinski definition) is 5. The van der Waals surface area contributed by atoms with Gasteiger partial charge in [0.15, 0.2) is 0 Å². The number of amides is 2. The Bertz CT molecular complexity index is 1500. The minimum atomic E-state index is -4.22. The molecule has 0 saturated carbocycles. The highest BCUT2D eigenvalue weighted by atomic mass is 35.5. The molecule has 0 aliphatic carbocycles. The van der Waals surface area contributed by atoms with Crippen molar-refractivity contribution in [2.45, 2.75) is 64.6 Å². The van der Waals surface area contributed by atoms with Gasteiger partial charge >= 0.3 is 0 Å². The SMILES string of the molecule is COc1ccc(C)cc1N(CC(=O)N(Cc1cccc(Cl)c1)C(C)C(=O)NC(C)(C)C)S(=O)(=O)c1ccc(C)cc1. The van der Waals surface area contributed by atoms with Gasteiger partial charge in [0, 0.05) is 17.1 Å². The van der Waals surface area contributed by atoms with E-state index < -0.39 is 34.1 Å². The molecule has 1 unspecified atom stereocenters. The molecule has 1 N–H and O–H groups in total. The van der Waals surface area contributed by atoms with E-state index in [1.54, 1.807) is 61.5 Å². The Morgan fingerprint density at radius 3 is 2.20 bits per heavy atom. The molecule has 1 atom stereocenters. The van der Waals surface area contributed by atoms with Crippen molar-refractivity contribution < 1.29 is 22.7 Å². The van der Waals surface area contributed by atoms with E-state index >= 15 is 0 Å². The van der Waals surface area contributed by atoms with Gasteiger partial charge in [0.1, 0.15) is 18.3 Å². The van der Waals surface area contributed by atoms with E-state index in [9.17, 15) is 18.0 Å². The zero-order valence-corrected chi connectivity index (χ0v) is 26.1. The number of rotatable bonds is 10. The highest BCUT2D eigenvalue weighted by Crippen LogP contribution is 2.34. The fourth-order valence-electron chi connectivity index (χ4n) is 4.23. The average molecular weight is 600 g/mol. The molecular weight excluding hydrogens is 562 g/mol. The summed E-state index contributed by atoms with van der Waals surface area (Å²) in [5, 5.41) is 3.39. The van der Waals surface area contributed by atoms with Gasteiger partial charge in [-0.1, -0.05) is 47.5 Å². The number of anilines is 1. The van der Waals surface area contributed by atoms with E-state index in [1.807, 2.05) is 34.6 Å². The summed E-state index contributed by atoms with van der Waals surface area (Å²) in [6, 6.07) is 17.6.